The van der Waals surface area contributed by atoms with Crippen molar-refractivity contribution in [3.8, 4) is 0 Å². The first kappa shape index (κ1) is 25.1. The molecule has 0 bridgehead atoms. The molecule has 2 heterocycles. The van der Waals surface area contributed by atoms with Gasteiger partial charge in [0.1, 0.15) is 5.82 Å². The number of para-hydroxylation sites is 2. The number of hydrogen-bond acceptors (Lipinski definition) is 4. The summed E-state index contributed by atoms with van der Waals surface area (Å²) < 4.78 is 4.12. The molecule has 1 atom stereocenters. The number of hydrogen-bond donors (Lipinski definition) is 2. The fourth-order valence-corrected chi connectivity index (χ4v) is 3.62. The summed E-state index contributed by atoms with van der Waals surface area (Å²) in [6, 6.07) is 8.49. The zero-order valence-corrected chi connectivity index (χ0v) is 21.5. The molecule has 2 N–H and O–H groups in total. The second kappa shape index (κ2) is 12.0. The number of fused-ring (bicyclic) bond motifs is 1. The van der Waals surface area contributed by atoms with Gasteiger partial charge in [0, 0.05) is 38.4 Å². The number of guanidine groups is 1. The maximum atomic E-state index is 4.82. The largest absolute Gasteiger partial charge is 0.357 e. The van der Waals surface area contributed by atoms with Gasteiger partial charge in [-0.25, -0.2) is 4.98 Å². The first-order valence-corrected chi connectivity index (χ1v) is 10.6. The standard InChI is InChI=1S/C22H34N8.HI/c1-6-23-22(25-15-21(28(3)4)18-14-26-29(5)16-18)24-12-9-13-30-17(2)27-19-10-7-8-11-20(19)30;/h7-8,10-11,14,16,21H,6,9,12-13,15H2,1-5H3,(H2,23,24,25);1H. The van der Waals surface area contributed by atoms with E-state index in [1.807, 2.05) is 24.0 Å². The van der Waals surface area contributed by atoms with Gasteiger partial charge in [-0.05, 0) is 46.5 Å². The maximum Gasteiger partial charge on any atom is 0.191 e. The lowest BCUT2D eigenvalue weighted by Gasteiger charge is -2.22. The van der Waals surface area contributed by atoms with Crippen LogP contribution in [0.1, 0.15) is 30.8 Å². The average Bonchev–Trinajstić information content (AvgIpc) is 3.27. The van der Waals surface area contributed by atoms with Crippen LogP contribution in [0.15, 0.2) is 41.7 Å². The molecule has 0 amide bonds. The lowest BCUT2D eigenvalue weighted by atomic mass is 10.1. The molecule has 0 aliphatic carbocycles. The fraction of sp³-hybridized carbons (Fsp3) is 0.500. The van der Waals surface area contributed by atoms with Crippen molar-refractivity contribution < 1.29 is 0 Å². The van der Waals surface area contributed by atoms with Gasteiger partial charge in [-0.3, -0.25) is 9.67 Å². The number of rotatable bonds is 9. The van der Waals surface area contributed by atoms with E-state index in [1.165, 1.54) is 11.1 Å². The Labute approximate surface area is 202 Å². The van der Waals surface area contributed by atoms with Gasteiger partial charge in [0.15, 0.2) is 5.96 Å². The van der Waals surface area contributed by atoms with E-state index in [1.54, 1.807) is 0 Å². The summed E-state index contributed by atoms with van der Waals surface area (Å²) in [4.78, 5) is 11.6. The Balaban J connectivity index is 0.00000341. The highest BCUT2D eigenvalue weighted by Gasteiger charge is 2.15. The van der Waals surface area contributed by atoms with Crippen molar-refractivity contribution >= 4 is 41.0 Å². The van der Waals surface area contributed by atoms with Crippen molar-refractivity contribution in [2.75, 3.05) is 33.7 Å². The molecule has 8 nitrogen and oxygen atoms in total. The van der Waals surface area contributed by atoms with E-state index >= 15 is 0 Å². The predicted molar refractivity (Wildman–Crippen MR) is 138 cm³/mol. The Morgan fingerprint density at radius 1 is 1.23 bits per heavy atom. The van der Waals surface area contributed by atoms with Crippen molar-refractivity contribution in [2.45, 2.75) is 32.9 Å². The molecule has 0 spiro atoms. The van der Waals surface area contributed by atoms with Gasteiger partial charge in [-0.15, -0.1) is 24.0 Å². The molecular formula is C22H35IN8. The third kappa shape index (κ3) is 6.67. The second-order valence-electron chi connectivity index (χ2n) is 7.73. The molecule has 0 aliphatic rings. The van der Waals surface area contributed by atoms with Crippen LogP contribution < -0.4 is 10.6 Å². The number of imidazole rings is 1. The van der Waals surface area contributed by atoms with Crippen LogP contribution in [-0.4, -0.2) is 63.9 Å². The first-order valence-electron chi connectivity index (χ1n) is 10.6. The Morgan fingerprint density at radius 3 is 2.68 bits per heavy atom. The second-order valence-corrected chi connectivity index (χ2v) is 7.73. The van der Waals surface area contributed by atoms with Gasteiger partial charge in [-0.2, -0.15) is 5.10 Å². The first-order chi connectivity index (χ1) is 14.5. The molecule has 9 heteroatoms. The molecule has 0 aliphatic heterocycles. The lowest BCUT2D eigenvalue weighted by molar-refractivity contribution is 0.306. The van der Waals surface area contributed by atoms with Crippen molar-refractivity contribution in [3.63, 3.8) is 0 Å². The minimum atomic E-state index is 0. The van der Waals surface area contributed by atoms with Crippen LogP contribution in [-0.2, 0) is 13.6 Å². The summed E-state index contributed by atoms with van der Waals surface area (Å²) in [5.74, 6) is 1.91. The van der Waals surface area contributed by atoms with Crippen LogP contribution in [0.25, 0.3) is 11.0 Å². The molecule has 2 aromatic heterocycles. The Kier molecular flexibility index (Phi) is 9.76. The van der Waals surface area contributed by atoms with E-state index in [4.69, 9.17) is 4.99 Å². The summed E-state index contributed by atoms with van der Waals surface area (Å²) >= 11 is 0. The normalized spacial score (nSPS) is 12.8. The van der Waals surface area contributed by atoms with Gasteiger partial charge < -0.3 is 20.1 Å². The quantitative estimate of drug-likeness (QED) is 0.190. The number of likely N-dealkylation sites (N-methyl/N-ethyl adjacent to an activating group) is 1. The number of benzene rings is 1. The summed E-state index contributed by atoms with van der Waals surface area (Å²) in [5.41, 5.74) is 3.42. The van der Waals surface area contributed by atoms with Gasteiger partial charge in [0.2, 0.25) is 0 Å². The maximum absolute atomic E-state index is 4.82. The minimum absolute atomic E-state index is 0. The summed E-state index contributed by atoms with van der Waals surface area (Å²) in [6.45, 7) is 7.42. The average molecular weight is 538 g/mol. The van der Waals surface area contributed by atoms with Crippen LogP contribution >= 0.6 is 24.0 Å². The van der Waals surface area contributed by atoms with Gasteiger partial charge >= 0.3 is 0 Å². The monoisotopic (exact) mass is 538 g/mol. The van der Waals surface area contributed by atoms with Crippen molar-refractivity contribution in [1.29, 1.82) is 0 Å². The van der Waals surface area contributed by atoms with E-state index in [2.05, 4.69) is 82.5 Å². The van der Waals surface area contributed by atoms with Gasteiger partial charge in [0.05, 0.1) is 29.8 Å². The van der Waals surface area contributed by atoms with E-state index < -0.39 is 0 Å². The topological polar surface area (TPSA) is 75.3 Å². The molecule has 0 fully saturated rings. The van der Waals surface area contributed by atoms with Crippen LogP contribution in [0, 0.1) is 6.92 Å². The smallest absolute Gasteiger partial charge is 0.191 e. The molecular weight excluding hydrogens is 503 g/mol. The molecule has 0 radical (unpaired) electrons. The Morgan fingerprint density at radius 2 is 2.00 bits per heavy atom. The number of nitrogens with zero attached hydrogens (tertiary/aromatic N) is 6. The van der Waals surface area contributed by atoms with Crippen molar-refractivity contribution in [3.05, 3.63) is 48.0 Å². The van der Waals surface area contributed by atoms with E-state index in [9.17, 15) is 0 Å². The molecule has 3 aromatic rings. The van der Waals surface area contributed by atoms with Crippen LogP contribution in [0.4, 0.5) is 0 Å². The predicted octanol–water partition coefficient (Wildman–Crippen LogP) is 2.94. The summed E-state index contributed by atoms with van der Waals surface area (Å²) in [7, 11) is 6.09. The molecule has 1 unspecified atom stereocenters. The highest BCUT2D eigenvalue weighted by Crippen LogP contribution is 2.18. The van der Waals surface area contributed by atoms with E-state index in [0.29, 0.717) is 6.54 Å². The fourth-order valence-electron chi connectivity index (χ4n) is 3.62. The van der Waals surface area contributed by atoms with Crippen molar-refractivity contribution in [2.24, 2.45) is 12.0 Å². The van der Waals surface area contributed by atoms with Crippen LogP contribution in [0.2, 0.25) is 0 Å². The molecule has 3 rings (SSSR count). The highest BCUT2D eigenvalue weighted by molar-refractivity contribution is 14.0. The summed E-state index contributed by atoms with van der Waals surface area (Å²) in [6.07, 6.45) is 4.96. The number of aliphatic imine (C=N–C) groups is 1. The molecule has 31 heavy (non-hydrogen) atoms. The number of nitrogens with one attached hydrogen (secondary N) is 2. The Bertz CT molecular complexity index is 975. The lowest BCUT2D eigenvalue weighted by Crippen LogP contribution is -2.38. The Hall–Kier alpha value is -2.14. The van der Waals surface area contributed by atoms with E-state index in [0.717, 1.165) is 43.4 Å². The zero-order chi connectivity index (χ0) is 21.5. The minimum Gasteiger partial charge on any atom is -0.357 e. The SMILES string of the molecule is CCNC(=NCC(c1cnn(C)c1)N(C)C)NCCCn1c(C)nc2ccccc21.I. The molecule has 0 saturated heterocycles. The van der Waals surface area contributed by atoms with Crippen molar-refractivity contribution in [1.82, 2.24) is 34.9 Å². The number of aromatic nitrogens is 4. The number of aryl methyl sites for hydroxylation is 3. The molecule has 170 valence electrons. The van der Waals surface area contributed by atoms with Crippen LogP contribution in [0.3, 0.4) is 0 Å². The zero-order valence-electron chi connectivity index (χ0n) is 19.2. The highest BCUT2D eigenvalue weighted by atomic mass is 127. The molecule has 0 saturated carbocycles. The van der Waals surface area contributed by atoms with Gasteiger partial charge in [0.25, 0.3) is 0 Å². The van der Waals surface area contributed by atoms with E-state index in [-0.39, 0.29) is 30.0 Å². The van der Waals surface area contributed by atoms with Crippen LogP contribution in [0.5, 0.6) is 0 Å². The third-order valence-electron chi connectivity index (χ3n) is 5.20. The summed E-state index contributed by atoms with van der Waals surface area (Å²) in [5, 5.41) is 11.1. The van der Waals surface area contributed by atoms with Gasteiger partial charge in [-0.1, -0.05) is 12.1 Å². The molecule has 1 aromatic carbocycles. The number of halogens is 1. The third-order valence-corrected chi connectivity index (χ3v) is 5.20.